The summed E-state index contributed by atoms with van der Waals surface area (Å²) in [7, 11) is 1.69. The lowest BCUT2D eigenvalue weighted by molar-refractivity contribution is -0.117. The van der Waals surface area contributed by atoms with E-state index in [2.05, 4.69) is 22.6 Å². The minimum atomic E-state index is -3.56. The van der Waals surface area contributed by atoms with Crippen LogP contribution in [0.4, 0.5) is 5.69 Å². The zero-order chi connectivity index (χ0) is 14.2. The molecule has 1 heterocycles. The molecule has 0 N–H and O–H groups in total. The fourth-order valence-electron chi connectivity index (χ4n) is 2.28. The molecule has 104 valence electrons. The minimum absolute atomic E-state index is 0.0459. The lowest BCUT2D eigenvalue weighted by atomic mass is 10.1. The molecule has 1 aromatic rings. The number of halogens is 2. The third kappa shape index (κ3) is 3.82. The fraction of sp³-hybridized carbons (Fsp3) is 0.417. The standard InChI is InChI=1S/C12H13ClINO3S/c1-8-2-3-10(14)5-11(8)15-6-9(4-12(15)16)7-19(13,17)18/h2-3,5,9H,4,6-7H2,1H3. The summed E-state index contributed by atoms with van der Waals surface area (Å²) in [6.07, 6.45) is 0.233. The maximum Gasteiger partial charge on any atom is 0.232 e. The summed E-state index contributed by atoms with van der Waals surface area (Å²) >= 11 is 2.19. The quantitative estimate of drug-likeness (QED) is 0.565. The molecule has 0 spiro atoms. The Morgan fingerprint density at radius 1 is 1.47 bits per heavy atom. The predicted octanol–water partition coefficient (Wildman–Crippen LogP) is 2.52. The number of hydrogen-bond donors (Lipinski definition) is 0. The monoisotopic (exact) mass is 413 g/mol. The zero-order valence-corrected chi connectivity index (χ0v) is 14.0. The minimum Gasteiger partial charge on any atom is -0.312 e. The predicted molar refractivity (Wildman–Crippen MR) is 84.0 cm³/mol. The summed E-state index contributed by atoms with van der Waals surface area (Å²) < 4.78 is 23.2. The Bertz CT molecular complexity index is 617. The number of hydrogen-bond acceptors (Lipinski definition) is 3. The molecule has 2 rings (SSSR count). The van der Waals surface area contributed by atoms with Crippen LogP contribution in [0, 0.1) is 16.4 Å². The lowest BCUT2D eigenvalue weighted by Gasteiger charge is -2.19. The molecule has 0 bridgehead atoms. The van der Waals surface area contributed by atoms with Crippen molar-refractivity contribution in [1.82, 2.24) is 0 Å². The summed E-state index contributed by atoms with van der Waals surface area (Å²) in [5.41, 5.74) is 1.86. The van der Waals surface area contributed by atoms with Crippen LogP contribution in [0.5, 0.6) is 0 Å². The van der Waals surface area contributed by atoms with Gasteiger partial charge in [0.15, 0.2) is 0 Å². The second kappa shape index (κ2) is 5.57. The average Bonchev–Trinajstić information content (AvgIpc) is 2.60. The number of benzene rings is 1. The molecule has 0 saturated carbocycles. The molecule has 0 radical (unpaired) electrons. The summed E-state index contributed by atoms with van der Waals surface area (Å²) in [4.78, 5) is 13.7. The summed E-state index contributed by atoms with van der Waals surface area (Å²) in [5.74, 6) is -0.428. The van der Waals surface area contributed by atoms with Crippen LogP contribution < -0.4 is 4.90 Å². The maximum absolute atomic E-state index is 12.0. The van der Waals surface area contributed by atoms with Crippen LogP contribution >= 0.6 is 33.3 Å². The number of aryl methyl sites for hydroxylation is 1. The fourth-order valence-corrected chi connectivity index (χ4v) is 4.08. The smallest absolute Gasteiger partial charge is 0.232 e. The molecule has 1 aliphatic rings. The van der Waals surface area contributed by atoms with E-state index in [9.17, 15) is 13.2 Å². The molecule has 19 heavy (non-hydrogen) atoms. The van der Waals surface area contributed by atoms with Crippen molar-refractivity contribution in [3.8, 4) is 0 Å². The van der Waals surface area contributed by atoms with Gasteiger partial charge in [0.1, 0.15) is 0 Å². The Balaban J connectivity index is 2.23. The molecule has 0 aliphatic carbocycles. The Hall–Kier alpha value is -0.340. The largest absolute Gasteiger partial charge is 0.312 e. The Kier molecular flexibility index (Phi) is 4.42. The van der Waals surface area contributed by atoms with Crippen molar-refractivity contribution >= 4 is 53.9 Å². The molecule has 0 aromatic heterocycles. The van der Waals surface area contributed by atoms with Crippen LogP contribution in [0.15, 0.2) is 18.2 Å². The highest BCUT2D eigenvalue weighted by atomic mass is 127. The van der Waals surface area contributed by atoms with Gasteiger partial charge in [-0.3, -0.25) is 4.79 Å². The molecule has 1 amide bonds. The molecule has 1 fully saturated rings. The van der Waals surface area contributed by atoms with Gasteiger partial charge in [-0.2, -0.15) is 0 Å². The van der Waals surface area contributed by atoms with Gasteiger partial charge in [0.05, 0.1) is 5.75 Å². The average molecular weight is 414 g/mol. The number of carbonyl (C=O) groups excluding carboxylic acids is 1. The number of carbonyl (C=O) groups is 1. The van der Waals surface area contributed by atoms with Gasteiger partial charge in [-0.05, 0) is 47.2 Å². The highest BCUT2D eigenvalue weighted by Crippen LogP contribution is 2.30. The van der Waals surface area contributed by atoms with Crippen molar-refractivity contribution in [2.75, 3.05) is 17.2 Å². The van der Waals surface area contributed by atoms with Crippen LogP contribution in [-0.4, -0.2) is 26.6 Å². The first-order valence-corrected chi connectivity index (χ1v) is 9.31. The second-order valence-electron chi connectivity index (χ2n) is 4.71. The van der Waals surface area contributed by atoms with Crippen molar-refractivity contribution in [2.24, 2.45) is 5.92 Å². The topological polar surface area (TPSA) is 54.5 Å². The molecule has 4 nitrogen and oxygen atoms in total. The number of nitrogens with zero attached hydrogens (tertiary/aromatic N) is 1. The maximum atomic E-state index is 12.0. The van der Waals surface area contributed by atoms with E-state index in [0.29, 0.717) is 6.54 Å². The van der Waals surface area contributed by atoms with Crippen molar-refractivity contribution in [3.05, 3.63) is 27.3 Å². The Morgan fingerprint density at radius 3 is 2.79 bits per heavy atom. The van der Waals surface area contributed by atoms with E-state index in [1.54, 1.807) is 4.90 Å². The molecule has 7 heteroatoms. The first-order valence-electron chi connectivity index (χ1n) is 5.75. The Labute approximate surface area is 130 Å². The van der Waals surface area contributed by atoms with Gasteiger partial charge in [0, 0.05) is 38.8 Å². The first kappa shape index (κ1) is 15.1. The second-order valence-corrected chi connectivity index (χ2v) is 8.78. The van der Waals surface area contributed by atoms with Gasteiger partial charge >= 0.3 is 0 Å². The first-order chi connectivity index (χ1) is 8.76. The normalized spacial score (nSPS) is 20.1. The van der Waals surface area contributed by atoms with E-state index in [0.717, 1.165) is 14.8 Å². The molecule has 1 saturated heterocycles. The molecule has 1 atom stereocenters. The van der Waals surface area contributed by atoms with Gasteiger partial charge in [-0.25, -0.2) is 8.42 Å². The highest BCUT2D eigenvalue weighted by molar-refractivity contribution is 14.1. The van der Waals surface area contributed by atoms with E-state index in [1.807, 2.05) is 25.1 Å². The van der Waals surface area contributed by atoms with Crippen molar-refractivity contribution in [3.63, 3.8) is 0 Å². The van der Waals surface area contributed by atoms with E-state index < -0.39 is 9.05 Å². The number of rotatable bonds is 3. The molecule has 1 aliphatic heterocycles. The van der Waals surface area contributed by atoms with Gasteiger partial charge in [0.2, 0.25) is 15.0 Å². The molecule has 1 unspecified atom stereocenters. The zero-order valence-electron chi connectivity index (χ0n) is 10.3. The van der Waals surface area contributed by atoms with Crippen LogP contribution in [0.2, 0.25) is 0 Å². The van der Waals surface area contributed by atoms with Gasteiger partial charge in [-0.15, -0.1) is 0 Å². The van der Waals surface area contributed by atoms with Crippen LogP contribution in [0.1, 0.15) is 12.0 Å². The number of anilines is 1. The van der Waals surface area contributed by atoms with Gasteiger partial charge < -0.3 is 4.90 Å². The number of amides is 1. The van der Waals surface area contributed by atoms with Gasteiger partial charge in [-0.1, -0.05) is 6.07 Å². The van der Waals surface area contributed by atoms with E-state index in [1.165, 1.54) is 0 Å². The molecule has 1 aromatic carbocycles. The summed E-state index contributed by atoms with van der Waals surface area (Å²) in [6.45, 7) is 2.34. The summed E-state index contributed by atoms with van der Waals surface area (Å²) in [5, 5.41) is 0. The van der Waals surface area contributed by atoms with E-state index in [4.69, 9.17) is 10.7 Å². The Morgan fingerprint density at radius 2 is 2.16 bits per heavy atom. The highest BCUT2D eigenvalue weighted by Gasteiger charge is 2.33. The molecular weight excluding hydrogens is 401 g/mol. The van der Waals surface area contributed by atoms with Gasteiger partial charge in [0.25, 0.3) is 0 Å². The van der Waals surface area contributed by atoms with Crippen LogP contribution in [-0.2, 0) is 13.8 Å². The summed E-state index contributed by atoms with van der Waals surface area (Å²) in [6, 6.07) is 5.86. The third-order valence-electron chi connectivity index (χ3n) is 3.10. The van der Waals surface area contributed by atoms with Crippen molar-refractivity contribution in [2.45, 2.75) is 13.3 Å². The third-order valence-corrected chi connectivity index (χ3v) is 5.02. The lowest BCUT2D eigenvalue weighted by Crippen LogP contribution is -2.26. The SMILES string of the molecule is Cc1ccc(I)cc1N1CC(CS(=O)(=O)Cl)CC1=O. The van der Waals surface area contributed by atoms with Crippen molar-refractivity contribution in [1.29, 1.82) is 0 Å². The van der Waals surface area contributed by atoms with Crippen LogP contribution in [0.25, 0.3) is 0 Å². The molecular formula is C12H13ClINO3S. The van der Waals surface area contributed by atoms with Crippen LogP contribution in [0.3, 0.4) is 0 Å². The van der Waals surface area contributed by atoms with E-state index in [-0.39, 0.29) is 24.0 Å². The van der Waals surface area contributed by atoms with Crippen molar-refractivity contribution < 1.29 is 13.2 Å². The van der Waals surface area contributed by atoms with E-state index >= 15 is 0 Å².